The predicted octanol–water partition coefficient (Wildman–Crippen LogP) is 2.25. The zero-order valence-electron chi connectivity index (χ0n) is 10.7. The van der Waals surface area contributed by atoms with E-state index in [1.165, 1.54) is 0 Å². The average molecular weight is 244 g/mol. The first kappa shape index (κ1) is 12.3. The Morgan fingerprint density at radius 1 is 1.28 bits per heavy atom. The molecule has 0 amide bonds. The van der Waals surface area contributed by atoms with Crippen LogP contribution in [0.2, 0.25) is 0 Å². The molecule has 5 nitrogen and oxygen atoms in total. The van der Waals surface area contributed by atoms with Crippen molar-refractivity contribution in [3.8, 4) is 17.1 Å². The van der Waals surface area contributed by atoms with E-state index in [2.05, 4.69) is 15.0 Å². The SMILES string of the molecule is COc1cccnc1-c1cc(N)nc(C(C)C)n1. The van der Waals surface area contributed by atoms with E-state index in [1.807, 2.05) is 26.0 Å². The van der Waals surface area contributed by atoms with Crippen molar-refractivity contribution in [1.29, 1.82) is 0 Å². The number of rotatable bonds is 3. The van der Waals surface area contributed by atoms with Gasteiger partial charge in [-0.15, -0.1) is 0 Å². The van der Waals surface area contributed by atoms with Crippen LogP contribution in [0, 0.1) is 0 Å². The number of anilines is 1. The molecule has 0 radical (unpaired) electrons. The number of hydrogen-bond acceptors (Lipinski definition) is 5. The summed E-state index contributed by atoms with van der Waals surface area (Å²) >= 11 is 0. The Bertz CT molecular complexity index is 554. The first-order valence-electron chi connectivity index (χ1n) is 5.75. The van der Waals surface area contributed by atoms with Crippen LogP contribution in [0.5, 0.6) is 5.75 Å². The molecule has 0 atom stereocenters. The van der Waals surface area contributed by atoms with Gasteiger partial charge < -0.3 is 10.5 Å². The fourth-order valence-corrected chi connectivity index (χ4v) is 1.61. The van der Waals surface area contributed by atoms with E-state index in [0.717, 1.165) is 0 Å². The van der Waals surface area contributed by atoms with Gasteiger partial charge in [0.05, 0.1) is 12.8 Å². The van der Waals surface area contributed by atoms with Gasteiger partial charge in [-0.05, 0) is 12.1 Å². The Morgan fingerprint density at radius 2 is 2.06 bits per heavy atom. The molecular formula is C13H16N4O. The van der Waals surface area contributed by atoms with Gasteiger partial charge in [0.1, 0.15) is 23.1 Å². The summed E-state index contributed by atoms with van der Waals surface area (Å²) in [6.07, 6.45) is 1.70. The lowest BCUT2D eigenvalue weighted by atomic mass is 10.2. The van der Waals surface area contributed by atoms with Crippen molar-refractivity contribution >= 4 is 5.82 Å². The van der Waals surface area contributed by atoms with Gasteiger partial charge in [-0.1, -0.05) is 13.8 Å². The molecule has 2 rings (SSSR count). The van der Waals surface area contributed by atoms with Gasteiger partial charge in [0.2, 0.25) is 0 Å². The lowest BCUT2D eigenvalue weighted by Gasteiger charge is -2.10. The molecule has 94 valence electrons. The first-order chi connectivity index (χ1) is 8.61. The number of nitrogen functional groups attached to an aromatic ring is 1. The zero-order chi connectivity index (χ0) is 13.1. The normalized spacial score (nSPS) is 10.7. The Kier molecular flexibility index (Phi) is 3.41. The molecule has 18 heavy (non-hydrogen) atoms. The molecule has 0 unspecified atom stereocenters. The van der Waals surface area contributed by atoms with Crippen LogP contribution < -0.4 is 10.5 Å². The Morgan fingerprint density at radius 3 is 2.72 bits per heavy atom. The van der Waals surface area contributed by atoms with Crippen LogP contribution in [0.25, 0.3) is 11.4 Å². The number of aromatic nitrogens is 3. The van der Waals surface area contributed by atoms with Crippen LogP contribution in [0.1, 0.15) is 25.6 Å². The van der Waals surface area contributed by atoms with Crippen LogP contribution in [0.4, 0.5) is 5.82 Å². The molecule has 0 saturated carbocycles. The summed E-state index contributed by atoms with van der Waals surface area (Å²) in [4.78, 5) is 13.0. The smallest absolute Gasteiger partial charge is 0.146 e. The van der Waals surface area contributed by atoms with Crippen LogP contribution in [-0.4, -0.2) is 22.1 Å². The number of methoxy groups -OCH3 is 1. The topological polar surface area (TPSA) is 73.9 Å². The van der Waals surface area contributed by atoms with E-state index < -0.39 is 0 Å². The molecule has 2 aromatic heterocycles. The van der Waals surface area contributed by atoms with Gasteiger partial charge in [0.15, 0.2) is 0 Å². The standard InChI is InChI=1S/C13H16N4O/c1-8(2)13-16-9(7-11(14)17-13)12-10(18-3)5-4-6-15-12/h4-8H,1-3H3,(H2,14,16,17). The van der Waals surface area contributed by atoms with Gasteiger partial charge in [-0.2, -0.15) is 0 Å². The van der Waals surface area contributed by atoms with Crippen LogP contribution >= 0.6 is 0 Å². The number of hydrogen-bond donors (Lipinski definition) is 1. The number of nitrogens with zero attached hydrogens (tertiary/aromatic N) is 3. The first-order valence-corrected chi connectivity index (χ1v) is 5.75. The van der Waals surface area contributed by atoms with Gasteiger partial charge in [-0.3, -0.25) is 4.98 Å². The van der Waals surface area contributed by atoms with Crippen molar-refractivity contribution < 1.29 is 4.74 Å². The Balaban J connectivity index is 2.56. The van der Waals surface area contributed by atoms with E-state index in [9.17, 15) is 0 Å². The molecule has 0 saturated heterocycles. The van der Waals surface area contributed by atoms with E-state index in [0.29, 0.717) is 28.8 Å². The highest BCUT2D eigenvalue weighted by molar-refractivity contribution is 5.64. The molecule has 0 bridgehead atoms. The zero-order valence-corrected chi connectivity index (χ0v) is 10.7. The van der Waals surface area contributed by atoms with Crippen LogP contribution in [0.3, 0.4) is 0 Å². The average Bonchev–Trinajstić information content (AvgIpc) is 2.38. The second-order valence-corrected chi connectivity index (χ2v) is 4.25. The summed E-state index contributed by atoms with van der Waals surface area (Å²) in [7, 11) is 1.61. The molecule has 0 aromatic carbocycles. The quantitative estimate of drug-likeness (QED) is 0.896. The molecule has 2 N–H and O–H groups in total. The molecule has 0 aliphatic rings. The maximum absolute atomic E-state index is 5.81. The Hall–Kier alpha value is -2.17. The van der Waals surface area contributed by atoms with E-state index in [-0.39, 0.29) is 5.92 Å². The van der Waals surface area contributed by atoms with Crippen molar-refractivity contribution in [2.45, 2.75) is 19.8 Å². The van der Waals surface area contributed by atoms with Gasteiger partial charge in [-0.25, -0.2) is 9.97 Å². The highest BCUT2D eigenvalue weighted by Crippen LogP contribution is 2.27. The van der Waals surface area contributed by atoms with E-state index >= 15 is 0 Å². The summed E-state index contributed by atoms with van der Waals surface area (Å²) in [6.45, 7) is 4.04. The second-order valence-electron chi connectivity index (χ2n) is 4.25. The molecule has 0 spiro atoms. The van der Waals surface area contributed by atoms with Gasteiger partial charge in [0.25, 0.3) is 0 Å². The van der Waals surface area contributed by atoms with Crippen molar-refractivity contribution in [1.82, 2.24) is 15.0 Å². The minimum absolute atomic E-state index is 0.210. The summed E-state index contributed by atoms with van der Waals surface area (Å²) in [6, 6.07) is 5.36. The molecule has 0 fully saturated rings. The monoisotopic (exact) mass is 244 g/mol. The minimum Gasteiger partial charge on any atom is -0.494 e. The van der Waals surface area contributed by atoms with E-state index in [4.69, 9.17) is 10.5 Å². The number of nitrogens with two attached hydrogens (primary N) is 1. The summed E-state index contributed by atoms with van der Waals surface area (Å²) in [5.74, 6) is 2.03. The molecule has 0 aliphatic carbocycles. The minimum atomic E-state index is 0.210. The maximum atomic E-state index is 5.81. The highest BCUT2D eigenvalue weighted by Gasteiger charge is 2.12. The van der Waals surface area contributed by atoms with Crippen molar-refractivity contribution in [2.24, 2.45) is 0 Å². The summed E-state index contributed by atoms with van der Waals surface area (Å²) in [5.41, 5.74) is 7.17. The Labute approximate surface area is 106 Å². The van der Waals surface area contributed by atoms with Crippen molar-refractivity contribution in [3.63, 3.8) is 0 Å². The van der Waals surface area contributed by atoms with Crippen molar-refractivity contribution in [3.05, 3.63) is 30.2 Å². The maximum Gasteiger partial charge on any atom is 0.146 e. The summed E-state index contributed by atoms with van der Waals surface area (Å²) in [5, 5.41) is 0. The molecular weight excluding hydrogens is 228 g/mol. The largest absolute Gasteiger partial charge is 0.494 e. The molecule has 0 aliphatic heterocycles. The number of pyridine rings is 1. The summed E-state index contributed by atoms with van der Waals surface area (Å²) < 4.78 is 5.28. The third-order valence-electron chi connectivity index (χ3n) is 2.51. The second kappa shape index (κ2) is 5.00. The van der Waals surface area contributed by atoms with Crippen LogP contribution in [-0.2, 0) is 0 Å². The van der Waals surface area contributed by atoms with Gasteiger partial charge in [0, 0.05) is 18.2 Å². The fraction of sp³-hybridized carbons (Fsp3) is 0.308. The van der Waals surface area contributed by atoms with Crippen molar-refractivity contribution in [2.75, 3.05) is 12.8 Å². The number of ether oxygens (including phenoxy) is 1. The fourth-order valence-electron chi connectivity index (χ4n) is 1.61. The molecule has 2 heterocycles. The van der Waals surface area contributed by atoms with E-state index in [1.54, 1.807) is 19.4 Å². The molecule has 2 aromatic rings. The third-order valence-corrected chi connectivity index (χ3v) is 2.51. The third kappa shape index (κ3) is 2.40. The van der Waals surface area contributed by atoms with Crippen LogP contribution in [0.15, 0.2) is 24.4 Å². The highest BCUT2D eigenvalue weighted by atomic mass is 16.5. The predicted molar refractivity (Wildman–Crippen MR) is 70.3 cm³/mol. The molecule has 5 heteroatoms. The lowest BCUT2D eigenvalue weighted by molar-refractivity contribution is 0.414. The van der Waals surface area contributed by atoms with Gasteiger partial charge >= 0.3 is 0 Å². The lowest BCUT2D eigenvalue weighted by Crippen LogP contribution is -2.04.